The highest BCUT2D eigenvalue weighted by atomic mass is 32.2. The fraction of sp³-hybridized carbons (Fsp3) is 0.273. The molecule has 2 aromatic carbocycles. The Hall–Kier alpha value is -2.87. The van der Waals surface area contributed by atoms with Crippen LogP contribution >= 0.6 is 0 Å². The largest absolute Gasteiger partial charge is 0.339 e. The molecule has 0 radical (unpaired) electrons. The highest BCUT2D eigenvalue weighted by molar-refractivity contribution is 7.91. The number of pyridine rings is 1. The first-order valence-corrected chi connectivity index (χ1v) is 11.1. The smallest absolute Gasteiger partial charge is 0.256 e. The van der Waals surface area contributed by atoms with Gasteiger partial charge in [0.2, 0.25) is 9.84 Å². The van der Waals surface area contributed by atoms with Gasteiger partial charge in [-0.25, -0.2) is 17.2 Å². The van der Waals surface area contributed by atoms with Gasteiger partial charge in [0.25, 0.3) is 5.91 Å². The Balaban J connectivity index is 1.93. The highest BCUT2D eigenvalue weighted by Crippen LogP contribution is 2.32. The molecule has 1 amide bonds. The predicted molar refractivity (Wildman–Crippen MR) is 108 cm³/mol. The van der Waals surface area contributed by atoms with Gasteiger partial charge in [0.15, 0.2) is 0 Å². The number of fused-ring (bicyclic) bond motifs is 1. The van der Waals surface area contributed by atoms with Crippen LogP contribution in [0.25, 0.3) is 10.9 Å². The highest BCUT2D eigenvalue weighted by Gasteiger charge is 2.31. The van der Waals surface area contributed by atoms with Crippen molar-refractivity contribution in [2.24, 2.45) is 5.92 Å². The number of carbonyl (C=O) groups is 1. The van der Waals surface area contributed by atoms with Crippen molar-refractivity contribution in [3.63, 3.8) is 0 Å². The summed E-state index contributed by atoms with van der Waals surface area (Å²) in [6.07, 6.45) is 2.87. The Labute approximate surface area is 173 Å². The molecular formula is C22H20F2N2O3S. The van der Waals surface area contributed by atoms with Crippen LogP contribution in [-0.2, 0) is 9.84 Å². The number of carbonyl (C=O) groups excluding carboxylic acids is 1. The van der Waals surface area contributed by atoms with E-state index in [9.17, 15) is 22.0 Å². The van der Waals surface area contributed by atoms with Crippen molar-refractivity contribution in [2.45, 2.75) is 29.6 Å². The molecule has 0 aliphatic carbocycles. The number of hydrogen-bond donors (Lipinski definition) is 0. The van der Waals surface area contributed by atoms with Crippen LogP contribution in [0, 0.1) is 17.6 Å². The molecule has 3 aromatic rings. The maximum absolute atomic E-state index is 14.0. The third kappa shape index (κ3) is 3.67. The maximum Gasteiger partial charge on any atom is 0.256 e. The number of nitrogens with zero attached hydrogens (tertiary/aromatic N) is 2. The van der Waals surface area contributed by atoms with Crippen LogP contribution in [0.1, 0.15) is 30.1 Å². The lowest BCUT2D eigenvalue weighted by Crippen LogP contribution is -2.38. The molecule has 5 nitrogen and oxygen atoms in total. The summed E-state index contributed by atoms with van der Waals surface area (Å²) in [5.74, 6) is -1.20. The fourth-order valence-corrected chi connectivity index (χ4v) is 5.31. The molecule has 30 heavy (non-hydrogen) atoms. The average molecular weight is 430 g/mol. The Kier molecular flexibility index (Phi) is 5.27. The van der Waals surface area contributed by atoms with Gasteiger partial charge in [0.1, 0.15) is 11.6 Å². The van der Waals surface area contributed by atoms with Gasteiger partial charge < -0.3 is 4.90 Å². The normalized spacial score (nSPS) is 15.5. The van der Waals surface area contributed by atoms with Crippen molar-refractivity contribution in [3.8, 4) is 0 Å². The summed E-state index contributed by atoms with van der Waals surface area (Å²) in [5.41, 5.74) is 0.146. The summed E-state index contributed by atoms with van der Waals surface area (Å²) in [4.78, 5) is 18.6. The zero-order valence-electron chi connectivity index (χ0n) is 16.3. The van der Waals surface area contributed by atoms with Gasteiger partial charge in [-0.2, -0.15) is 0 Å². The summed E-state index contributed by atoms with van der Waals surface area (Å²) in [6.45, 7) is 3.13. The molecule has 0 bridgehead atoms. The molecule has 1 aliphatic heterocycles. The van der Waals surface area contributed by atoms with Crippen molar-refractivity contribution in [2.75, 3.05) is 13.1 Å². The molecule has 1 saturated heterocycles. The quantitative estimate of drug-likeness (QED) is 0.584. The van der Waals surface area contributed by atoms with E-state index in [2.05, 4.69) is 11.9 Å². The molecule has 0 saturated carbocycles. The Bertz CT molecular complexity index is 1220. The van der Waals surface area contributed by atoms with Crippen LogP contribution in [0.3, 0.4) is 0 Å². The number of sulfone groups is 1. The summed E-state index contributed by atoms with van der Waals surface area (Å²) >= 11 is 0. The molecule has 2 heterocycles. The van der Waals surface area contributed by atoms with Crippen LogP contribution < -0.4 is 0 Å². The molecule has 0 atom stereocenters. The van der Waals surface area contributed by atoms with E-state index in [-0.39, 0.29) is 26.3 Å². The molecule has 0 spiro atoms. The molecule has 1 fully saturated rings. The number of hydrogen-bond acceptors (Lipinski definition) is 4. The van der Waals surface area contributed by atoms with Crippen molar-refractivity contribution in [3.05, 3.63) is 65.9 Å². The summed E-state index contributed by atoms with van der Waals surface area (Å²) < 4.78 is 54.3. The van der Waals surface area contributed by atoms with E-state index in [0.717, 1.165) is 43.2 Å². The third-order valence-corrected chi connectivity index (χ3v) is 7.34. The number of aromatic nitrogens is 1. The summed E-state index contributed by atoms with van der Waals surface area (Å²) in [7, 11) is -4.25. The molecule has 8 heteroatoms. The molecule has 1 aromatic heterocycles. The van der Waals surface area contributed by atoms with Crippen LogP contribution in [0.5, 0.6) is 0 Å². The number of likely N-dealkylation sites (tertiary alicyclic amines) is 1. The first-order valence-electron chi connectivity index (χ1n) is 9.65. The molecule has 0 N–H and O–H groups in total. The Morgan fingerprint density at radius 1 is 1.03 bits per heavy atom. The number of halogens is 2. The fourth-order valence-electron chi connectivity index (χ4n) is 3.70. The van der Waals surface area contributed by atoms with Gasteiger partial charge in [-0.3, -0.25) is 9.78 Å². The van der Waals surface area contributed by atoms with Crippen LogP contribution in [0.2, 0.25) is 0 Å². The van der Waals surface area contributed by atoms with Crippen molar-refractivity contribution in [1.29, 1.82) is 0 Å². The third-order valence-electron chi connectivity index (χ3n) is 5.47. The van der Waals surface area contributed by atoms with Gasteiger partial charge in [0, 0.05) is 24.7 Å². The van der Waals surface area contributed by atoms with Crippen LogP contribution in [-0.4, -0.2) is 37.3 Å². The summed E-state index contributed by atoms with van der Waals surface area (Å²) in [5, 5.41) is 0.0237. The lowest BCUT2D eigenvalue weighted by atomic mass is 9.98. The summed E-state index contributed by atoms with van der Waals surface area (Å²) in [6, 6.07) is 7.94. The Morgan fingerprint density at radius 3 is 2.33 bits per heavy atom. The monoisotopic (exact) mass is 430 g/mol. The first kappa shape index (κ1) is 20.4. The minimum Gasteiger partial charge on any atom is -0.339 e. The molecule has 1 aliphatic rings. The predicted octanol–water partition coefficient (Wildman–Crippen LogP) is 4.22. The molecule has 4 rings (SSSR count). The van der Waals surface area contributed by atoms with Crippen LogP contribution in [0.4, 0.5) is 8.78 Å². The minimum absolute atomic E-state index is 0.0237. The van der Waals surface area contributed by atoms with Gasteiger partial charge in [0.05, 0.1) is 20.9 Å². The standard InChI is InChI=1S/C22H20F2N2O3S/c1-14-8-10-26(11-9-14)22(27)19-13-25-20-7-4-16(24)12-18(20)21(19)30(28,29)17-5-2-15(23)3-6-17/h2-7,12-14H,8-11H2,1H3. The molecule has 156 valence electrons. The average Bonchev–Trinajstić information content (AvgIpc) is 2.73. The number of benzene rings is 2. The second-order valence-electron chi connectivity index (χ2n) is 7.59. The van der Waals surface area contributed by atoms with Crippen molar-refractivity contribution >= 4 is 26.6 Å². The van der Waals surface area contributed by atoms with Gasteiger partial charge >= 0.3 is 0 Å². The topological polar surface area (TPSA) is 67.3 Å². The maximum atomic E-state index is 14.0. The SMILES string of the molecule is CC1CCN(C(=O)c2cnc3ccc(F)cc3c2S(=O)(=O)c2ccc(F)cc2)CC1. The molecule has 0 unspecified atom stereocenters. The zero-order chi connectivity index (χ0) is 21.5. The lowest BCUT2D eigenvalue weighted by Gasteiger charge is -2.30. The second-order valence-corrected chi connectivity index (χ2v) is 9.48. The van der Waals surface area contributed by atoms with E-state index in [1.807, 2.05) is 0 Å². The van der Waals surface area contributed by atoms with Gasteiger partial charge in [-0.1, -0.05) is 6.92 Å². The van der Waals surface area contributed by atoms with E-state index >= 15 is 0 Å². The number of rotatable bonds is 3. The molecular weight excluding hydrogens is 410 g/mol. The first-order chi connectivity index (χ1) is 14.3. The van der Waals surface area contributed by atoms with Crippen molar-refractivity contribution in [1.82, 2.24) is 9.88 Å². The van der Waals surface area contributed by atoms with Crippen LogP contribution in [0.15, 0.2) is 58.5 Å². The van der Waals surface area contributed by atoms with Gasteiger partial charge in [-0.05, 0) is 61.2 Å². The van der Waals surface area contributed by atoms with E-state index in [1.54, 1.807) is 4.90 Å². The van der Waals surface area contributed by atoms with E-state index in [0.29, 0.717) is 19.0 Å². The zero-order valence-corrected chi connectivity index (χ0v) is 17.1. The Morgan fingerprint density at radius 2 is 1.67 bits per heavy atom. The number of piperidine rings is 1. The van der Waals surface area contributed by atoms with E-state index < -0.39 is 27.4 Å². The number of amides is 1. The van der Waals surface area contributed by atoms with E-state index in [4.69, 9.17) is 0 Å². The van der Waals surface area contributed by atoms with Crippen molar-refractivity contribution < 1.29 is 22.0 Å². The van der Waals surface area contributed by atoms with E-state index in [1.165, 1.54) is 18.3 Å². The van der Waals surface area contributed by atoms with Gasteiger partial charge in [-0.15, -0.1) is 0 Å². The second kappa shape index (κ2) is 7.75. The minimum atomic E-state index is -4.25. The lowest BCUT2D eigenvalue weighted by molar-refractivity contribution is 0.0693.